The van der Waals surface area contributed by atoms with Gasteiger partial charge in [0.2, 0.25) is 15.6 Å². The van der Waals surface area contributed by atoms with E-state index in [-0.39, 0.29) is 27.7 Å². The van der Waals surface area contributed by atoms with Crippen LogP contribution in [0, 0.1) is 0 Å². The molecule has 4 rings (SSSR count). The van der Waals surface area contributed by atoms with E-state index in [1.807, 2.05) is 0 Å². The van der Waals surface area contributed by atoms with Gasteiger partial charge in [0.25, 0.3) is 0 Å². The minimum absolute atomic E-state index is 0.0422. The largest absolute Gasteiger partial charge is 0.502 e. The smallest absolute Gasteiger partial charge is 0.326 e. The molecule has 10 nitrogen and oxygen atoms in total. The van der Waals surface area contributed by atoms with E-state index in [4.69, 9.17) is 23.7 Å². The second-order valence-corrected chi connectivity index (χ2v) is 9.66. The number of phenolic OH excluding ortho intramolecular Hbond substituents is 1. The number of rotatable bonds is 9. The second kappa shape index (κ2) is 9.90. The molecule has 0 spiro atoms. The standard InChI is InChI=1S/C22H17Cl2N3O7S/c23-33-18-8-12(9-19(34-24)21(18)28)7-17(22(29)30)27-13-1-2-16-15(10-13)20(11-26-16)35(31,32)14-3-5-25-6-4-14/h1-6,8-11,17,26-28H,7H2,(H,29,30)/t17-/m1/s1. The summed E-state index contributed by atoms with van der Waals surface area (Å²) in [5.41, 5.74) is 1.32. The number of pyridine rings is 1. The summed E-state index contributed by atoms with van der Waals surface area (Å²) in [6.07, 6.45) is 4.08. The van der Waals surface area contributed by atoms with Crippen LogP contribution in [-0.4, -0.2) is 40.6 Å². The monoisotopic (exact) mass is 537 g/mol. The zero-order valence-electron chi connectivity index (χ0n) is 17.6. The van der Waals surface area contributed by atoms with Crippen molar-refractivity contribution in [2.75, 3.05) is 5.32 Å². The van der Waals surface area contributed by atoms with Crippen LogP contribution in [-0.2, 0) is 21.1 Å². The van der Waals surface area contributed by atoms with Crippen LogP contribution in [0.5, 0.6) is 17.2 Å². The molecule has 13 heteroatoms. The summed E-state index contributed by atoms with van der Waals surface area (Å²) in [5, 5.41) is 23.0. The Kier molecular flexibility index (Phi) is 6.92. The molecule has 0 aliphatic rings. The number of carbonyl (C=O) groups is 1. The lowest BCUT2D eigenvalue weighted by Crippen LogP contribution is -2.31. The number of aromatic nitrogens is 2. The lowest BCUT2D eigenvalue weighted by Gasteiger charge is -2.17. The third-order valence-electron chi connectivity index (χ3n) is 5.24. The Bertz CT molecular complexity index is 1470. The van der Waals surface area contributed by atoms with Gasteiger partial charge < -0.3 is 29.1 Å². The molecular formula is C22H17Cl2N3O7S. The molecule has 0 radical (unpaired) electrons. The van der Waals surface area contributed by atoms with Crippen LogP contribution in [0.1, 0.15) is 5.56 Å². The average Bonchev–Trinajstić information content (AvgIpc) is 3.29. The summed E-state index contributed by atoms with van der Waals surface area (Å²) in [6.45, 7) is 0. The Morgan fingerprint density at radius 3 is 2.34 bits per heavy atom. The molecule has 0 saturated heterocycles. The summed E-state index contributed by atoms with van der Waals surface area (Å²) in [5.74, 6) is -1.95. The van der Waals surface area contributed by atoms with Crippen molar-refractivity contribution in [3.63, 3.8) is 0 Å². The van der Waals surface area contributed by atoms with Gasteiger partial charge in [-0.15, -0.1) is 0 Å². The number of carboxylic acid groups (broad SMARTS) is 1. The maximum atomic E-state index is 13.1. The lowest BCUT2D eigenvalue weighted by atomic mass is 10.0. The summed E-state index contributed by atoms with van der Waals surface area (Å²) >= 11 is 10.7. The maximum Gasteiger partial charge on any atom is 0.326 e. The maximum absolute atomic E-state index is 13.1. The molecule has 0 amide bonds. The number of H-pyrrole nitrogens is 1. The van der Waals surface area contributed by atoms with Crippen LogP contribution in [0.3, 0.4) is 0 Å². The molecule has 2 heterocycles. The van der Waals surface area contributed by atoms with E-state index in [2.05, 4.69) is 23.9 Å². The molecule has 35 heavy (non-hydrogen) atoms. The van der Waals surface area contributed by atoms with E-state index < -0.39 is 27.6 Å². The van der Waals surface area contributed by atoms with E-state index in [0.29, 0.717) is 22.2 Å². The van der Waals surface area contributed by atoms with E-state index >= 15 is 0 Å². The van der Waals surface area contributed by atoms with Crippen LogP contribution in [0.4, 0.5) is 5.69 Å². The number of sulfone groups is 1. The number of aromatic hydroxyl groups is 1. The summed E-state index contributed by atoms with van der Waals surface area (Å²) in [4.78, 5) is 18.9. The number of hydrogen-bond donors (Lipinski definition) is 4. The molecule has 2 aromatic carbocycles. The number of benzene rings is 2. The molecule has 0 aliphatic carbocycles. The van der Waals surface area contributed by atoms with Crippen molar-refractivity contribution < 1.29 is 32.0 Å². The number of nitrogens with zero attached hydrogens (tertiary/aromatic N) is 1. The van der Waals surface area contributed by atoms with Gasteiger partial charge in [-0.05, 0) is 48.0 Å². The fourth-order valence-corrected chi connectivity index (χ4v) is 5.20. The normalized spacial score (nSPS) is 12.3. The number of nitrogens with one attached hydrogen (secondary N) is 2. The second-order valence-electron chi connectivity index (χ2n) is 7.43. The minimum Gasteiger partial charge on any atom is -0.502 e. The highest BCUT2D eigenvalue weighted by atomic mass is 35.5. The first-order chi connectivity index (χ1) is 16.7. The fraction of sp³-hybridized carbons (Fsp3) is 0.0909. The molecule has 1 atom stereocenters. The van der Waals surface area contributed by atoms with Crippen LogP contribution in [0.25, 0.3) is 10.9 Å². The first kappa shape index (κ1) is 24.5. The quantitative estimate of drug-likeness (QED) is 0.245. The Balaban J connectivity index is 1.66. The zero-order valence-corrected chi connectivity index (χ0v) is 19.9. The number of fused-ring (bicyclic) bond motifs is 1. The highest BCUT2D eigenvalue weighted by Crippen LogP contribution is 2.39. The number of aromatic amines is 1. The first-order valence-electron chi connectivity index (χ1n) is 9.93. The Hall–Kier alpha value is -3.67. The van der Waals surface area contributed by atoms with Crippen LogP contribution in [0.15, 0.2) is 70.8 Å². The number of hydrogen-bond acceptors (Lipinski definition) is 8. The molecule has 0 aliphatic heterocycles. The van der Waals surface area contributed by atoms with Crippen molar-refractivity contribution in [3.8, 4) is 17.2 Å². The highest BCUT2D eigenvalue weighted by Gasteiger charge is 2.24. The Morgan fingerprint density at radius 1 is 1.09 bits per heavy atom. The van der Waals surface area contributed by atoms with Gasteiger partial charge in [-0.1, -0.05) is 0 Å². The molecule has 0 fully saturated rings. The third-order valence-corrected chi connectivity index (χ3v) is 7.38. The number of phenols is 1. The molecule has 4 aromatic rings. The number of aliphatic carboxylic acids is 1. The average molecular weight is 538 g/mol. The third kappa shape index (κ3) is 4.92. The molecule has 0 bridgehead atoms. The van der Waals surface area contributed by atoms with E-state index in [9.17, 15) is 23.4 Å². The summed E-state index contributed by atoms with van der Waals surface area (Å²) < 4.78 is 35.3. The predicted octanol–water partition coefficient (Wildman–Crippen LogP) is 4.27. The molecule has 182 valence electrons. The fourth-order valence-electron chi connectivity index (χ4n) is 3.56. The van der Waals surface area contributed by atoms with Crippen molar-refractivity contribution in [2.45, 2.75) is 22.3 Å². The number of anilines is 1. The molecule has 0 saturated carbocycles. The van der Waals surface area contributed by atoms with Gasteiger partial charge in [0, 0.05) is 41.6 Å². The summed E-state index contributed by atoms with van der Waals surface area (Å²) in [7, 11) is -3.84. The predicted molar refractivity (Wildman–Crippen MR) is 128 cm³/mol. The van der Waals surface area contributed by atoms with Crippen LogP contribution < -0.4 is 13.9 Å². The Labute approximate surface area is 209 Å². The summed E-state index contributed by atoms with van der Waals surface area (Å²) in [6, 6.07) is 9.13. The van der Waals surface area contributed by atoms with Gasteiger partial charge in [-0.3, -0.25) is 4.98 Å². The molecule has 0 unspecified atom stereocenters. The van der Waals surface area contributed by atoms with Crippen molar-refractivity contribution in [3.05, 3.63) is 66.6 Å². The van der Waals surface area contributed by atoms with Crippen molar-refractivity contribution >= 4 is 56.1 Å². The molecule has 2 aromatic heterocycles. The highest BCUT2D eigenvalue weighted by molar-refractivity contribution is 7.91. The van der Waals surface area contributed by atoms with Gasteiger partial charge >= 0.3 is 5.97 Å². The van der Waals surface area contributed by atoms with E-state index in [1.54, 1.807) is 18.2 Å². The molecular weight excluding hydrogens is 521 g/mol. The molecule has 4 N–H and O–H groups in total. The van der Waals surface area contributed by atoms with E-state index in [0.717, 1.165) is 0 Å². The van der Waals surface area contributed by atoms with Gasteiger partial charge in [0.1, 0.15) is 29.8 Å². The first-order valence-corrected chi connectivity index (χ1v) is 12.0. The van der Waals surface area contributed by atoms with E-state index in [1.165, 1.54) is 42.9 Å². The van der Waals surface area contributed by atoms with Gasteiger partial charge in [0.05, 0.1) is 9.79 Å². The van der Waals surface area contributed by atoms with Crippen LogP contribution in [0.2, 0.25) is 0 Å². The minimum atomic E-state index is -3.84. The number of halogens is 2. The van der Waals surface area contributed by atoms with Gasteiger partial charge in [-0.2, -0.15) is 0 Å². The van der Waals surface area contributed by atoms with Crippen LogP contribution >= 0.6 is 23.7 Å². The van der Waals surface area contributed by atoms with Gasteiger partial charge in [-0.25, -0.2) is 13.2 Å². The number of carboxylic acids is 1. The van der Waals surface area contributed by atoms with Crippen molar-refractivity contribution in [2.24, 2.45) is 0 Å². The zero-order chi connectivity index (χ0) is 25.2. The topological polar surface area (TPSA) is 151 Å². The van der Waals surface area contributed by atoms with Crippen molar-refractivity contribution in [1.29, 1.82) is 0 Å². The van der Waals surface area contributed by atoms with Crippen molar-refractivity contribution in [1.82, 2.24) is 9.97 Å². The lowest BCUT2D eigenvalue weighted by molar-refractivity contribution is -0.137. The Morgan fingerprint density at radius 2 is 1.74 bits per heavy atom. The SMILES string of the molecule is O=C(O)[C@@H](Cc1cc(OCl)c(O)c(OCl)c1)Nc1ccc2[nH]cc(S(=O)(=O)c3ccncc3)c2c1. The van der Waals surface area contributed by atoms with Gasteiger partial charge in [0.15, 0.2) is 11.5 Å².